The van der Waals surface area contributed by atoms with Crippen LogP contribution in [0.15, 0.2) is 27.8 Å². The van der Waals surface area contributed by atoms with E-state index in [1.807, 2.05) is 11.4 Å². The molecule has 1 atom stereocenters. The summed E-state index contributed by atoms with van der Waals surface area (Å²) < 4.78 is 27.9. The molecule has 0 saturated carbocycles. The minimum absolute atomic E-state index is 0.111. The fraction of sp³-hybridized carbons (Fsp3) is 0.385. The number of rotatable bonds is 4. The second-order valence-corrected chi connectivity index (χ2v) is 8.46. The first-order valence-electron chi connectivity index (χ1n) is 6.47. The molecule has 4 nitrogen and oxygen atoms in total. The van der Waals surface area contributed by atoms with Gasteiger partial charge in [-0.2, -0.15) is 0 Å². The molecular weight excluding hydrogens is 312 g/mol. The molecular formula is C13H16N2O2S3. The first-order valence-corrected chi connectivity index (χ1v) is 9.71. The van der Waals surface area contributed by atoms with Gasteiger partial charge in [0.05, 0.1) is 4.90 Å². The molecule has 3 N–H and O–H groups in total. The molecule has 20 heavy (non-hydrogen) atoms. The van der Waals surface area contributed by atoms with Gasteiger partial charge in [-0.3, -0.25) is 0 Å². The SMILES string of the molecule is NCc1sccc1S(=O)(=O)NC1CCCc2sccc21. The molecule has 0 amide bonds. The van der Waals surface area contributed by atoms with E-state index in [4.69, 9.17) is 5.73 Å². The first kappa shape index (κ1) is 14.2. The van der Waals surface area contributed by atoms with Crippen LogP contribution < -0.4 is 10.5 Å². The van der Waals surface area contributed by atoms with E-state index in [1.165, 1.54) is 16.2 Å². The quantitative estimate of drug-likeness (QED) is 0.906. The summed E-state index contributed by atoms with van der Waals surface area (Å²) in [6, 6.07) is 3.55. The third-order valence-electron chi connectivity index (χ3n) is 3.53. The molecule has 108 valence electrons. The van der Waals surface area contributed by atoms with E-state index in [9.17, 15) is 8.42 Å². The van der Waals surface area contributed by atoms with E-state index in [-0.39, 0.29) is 12.6 Å². The van der Waals surface area contributed by atoms with Crippen LogP contribution >= 0.6 is 22.7 Å². The van der Waals surface area contributed by atoms with Crippen molar-refractivity contribution in [1.29, 1.82) is 0 Å². The van der Waals surface area contributed by atoms with Gasteiger partial charge < -0.3 is 5.73 Å². The van der Waals surface area contributed by atoms with Crippen molar-refractivity contribution < 1.29 is 8.42 Å². The predicted molar refractivity (Wildman–Crippen MR) is 82.5 cm³/mol. The van der Waals surface area contributed by atoms with Crippen molar-refractivity contribution in [3.63, 3.8) is 0 Å². The van der Waals surface area contributed by atoms with Crippen LogP contribution in [-0.4, -0.2) is 8.42 Å². The van der Waals surface area contributed by atoms with Crippen LogP contribution in [0.25, 0.3) is 0 Å². The number of sulfonamides is 1. The van der Waals surface area contributed by atoms with Crippen molar-refractivity contribution in [2.24, 2.45) is 5.73 Å². The van der Waals surface area contributed by atoms with Gasteiger partial charge in [-0.05, 0) is 47.7 Å². The maximum absolute atomic E-state index is 12.5. The first-order chi connectivity index (χ1) is 9.62. The Bertz CT molecular complexity index is 703. The Balaban J connectivity index is 1.89. The number of hydrogen-bond acceptors (Lipinski definition) is 5. The maximum atomic E-state index is 12.5. The zero-order chi connectivity index (χ0) is 14.2. The Morgan fingerprint density at radius 2 is 2.10 bits per heavy atom. The highest BCUT2D eigenvalue weighted by molar-refractivity contribution is 7.89. The minimum atomic E-state index is -3.49. The molecule has 7 heteroatoms. The third kappa shape index (κ3) is 2.56. The highest BCUT2D eigenvalue weighted by Crippen LogP contribution is 2.34. The summed E-state index contributed by atoms with van der Waals surface area (Å²) in [6.07, 6.45) is 2.93. The van der Waals surface area contributed by atoms with Crippen molar-refractivity contribution in [3.8, 4) is 0 Å². The summed E-state index contributed by atoms with van der Waals surface area (Å²) in [5.41, 5.74) is 6.74. The predicted octanol–water partition coefficient (Wildman–Crippen LogP) is 2.62. The van der Waals surface area contributed by atoms with Crippen LogP contribution in [0, 0.1) is 0 Å². The Hall–Kier alpha value is -0.730. The van der Waals surface area contributed by atoms with Crippen LogP contribution in [0.4, 0.5) is 0 Å². The second kappa shape index (κ2) is 5.57. The summed E-state index contributed by atoms with van der Waals surface area (Å²) in [6.45, 7) is 0.252. The lowest BCUT2D eigenvalue weighted by Crippen LogP contribution is -2.30. The third-order valence-corrected chi connectivity index (χ3v) is 7.15. The zero-order valence-corrected chi connectivity index (χ0v) is 13.3. The number of aryl methyl sites for hydroxylation is 1. The van der Waals surface area contributed by atoms with E-state index >= 15 is 0 Å². The van der Waals surface area contributed by atoms with Crippen LogP contribution in [0.5, 0.6) is 0 Å². The normalized spacial score (nSPS) is 18.9. The largest absolute Gasteiger partial charge is 0.326 e. The molecule has 0 saturated heterocycles. The highest BCUT2D eigenvalue weighted by Gasteiger charge is 2.27. The van der Waals surface area contributed by atoms with E-state index in [0.29, 0.717) is 9.77 Å². The topological polar surface area (TPSA) is 72.2 Å². The van der Waals surface area contributed by atoms with E-state index in [2.05, 4.69) is 4.72 Å². The van der Waals surface area contributed by atoms with Gasteiger partial charge >= 0.3 is 0 Å². The standard InChI is InChI=1S/C13H16N2O2S3/c14-8-12-13(5-7-19-12)20(16,17)15-10-2-1-3-11-9(10)4-6-18-11/h4-7,10,15H,1-3,8,14H2. The molecule has 2 aromatic heterocycles. The van der Waals surface area contributed by atoms with Gasteiger partial charge in [0.15, 0.2) is 0 Å². The molecule has 0 aromatic carbocycles. The fourth-order valence-electron chi connectivity index (χ4n) is 2.58. The second-order valence-electron chi connectivity index (χ2n) is 4.78. The van der Waals surface area contributed by atoms with Crippen molar-refractivity contribution in [3.05, 3.63) is 38.2 Å². The Morgan fingerprint density at radius 1 is 1.30 bits per heavy atom. The maximum Gasteiger partial charge on any atom is 0.242 e. The molecule has 0 radical (unpaired) electrons. The van der Waals surface area contributed by atoms with Crippen LogP contribution in [0.3, 0.4) is 0 Å². The molecule has 0 spiro atoms. The van der Waals surface area contributed by atoms with Crippen molar-refractivity contribution in [2.75, 3.05) is 0 Å². The lowest BCUT2D eigenvalue weighted by atomic mass is 9.95. The lowest BCUT2D eigenvalue weighted by Gasteiger charge is -2.23. The Morgan fingerprint density at radius 3 is 2.90 bits per heavy atom. The summed E-state index contributed by atoms with van der Waals surface area (Å²) in [4.78, 5) is 2.33. The highest BCUT2D eigenvalue weighted by atomic mass is 32.2. The summed E-state index contributed by atoms with van der Waals surface area (Å²) >= 11 is 3.09. The molecule has 1 unspecified atom stereocenters. The van der Waals surface area contributed by atoms with E-state index in [0.717, 1.165) is 24.8 Å². The number of thiophene rings is 2. The number of nitrogens with two attached hydrogens (primary N) is 1. The number of fused-ring (bicyclic) bond motifs is 1. The van der Waals surface area contributed by atoms with Gasteiger partial charge in [-0.15, -0.1) is 22.7 Å². The van der Waals surface area contributed by atoms with E-state index < -0.39 is 10.0 Å². The minimum Gasteiger partial charge on any atom is -0.326 e. The monoisotopic (exact) mass is 328 g/mol. The van der Waals surface area contributed by atoms with Gasteiger partial charge in [0.25, 0.3) is 0 Å². The molecule has 1 aliphatic carbocycles. The Labute approximate surface area is 126 Å². The van der Waals surface area contributed by atoms with Crippen LogP contribution in [0.2, 0.25) is 0 Å². The van der Waals surface area contributed by atoms with Crippen LogP contribution in [0.1, 0.15) is 34.2 Å². The Kier molecular flexibility index (Phi) is 3.96. The average Bonchev–Trinajstić information content (AvgIpc) is 3.07. The molecule has 2 heterocycles. The average molecular weight is 328 g/mol. The van der Waals surface area contributed by atoms with E-state index in [1.54, 1.807) is 22.8 Å². The van der Waals surface area contributed by atoms with Crippen molar-refractivity contribution >= 4 is 32.7 Å². The summed E-state index contributed by atoms with van der Waals surface area (Å²) in [5.74, 6) is 0. The van der Waals surface area contributed by atoms with Crippen molar-refractivity contribution in [2.45, 2.75) is 36.7 Å². The van der Waals surface area contributed by atoms with Crippen LogP contribution in [-0.2, 0) is 23.0 Å². The van der Waals surface area contributed by atoms with Gasteiger partial charge in [0.1, 0.15) is 0 Å². The molecule has 2 aromatic rings. The molecule has 1 aliphatic rings. The summed E-state index contributed by atoms with van der Waals surface area (Å²) in [7, 11) is -3.49. The molecule has 0 bridgehead atoms. The van der Waals surface area contributed by atoms with Crippen molar-refractivity contribution in [1.82, 2.24) is 4.72 Å². The lowest BCUT2D eigenvalue weighted by molar-refractivity contribution is 0.511. The summed E-state index contributed by atoms with van der Waals surface area (Å²) in [5, 5.41) is 3.81. The fourth-order valence-corrected chi connectivity index (χ4v) is 6.15. The molecule has 0 fully saturated rings. The zero-order valence-electron chi connectivity index (χ0n) is 10.8. The van der Waals surface area contributed by atoms with Gasteiger partial charge in [0, 0.05) is 22.3 Å². The molecule has 0 aliphatic heterocycles. The smallest absolute Gasteiger partial charge is 0.242 e. The van der Waals surface area contributed by atoms with Gasteiger partial charge in [-0.25, -0.2) is 13.1 Å². The van der Waals surface area contributed by atoms with Gasteiger partial charge in [0.2, 0.25) is 10.0 Å². The number of nitrogens with one attached hydrogen (secondary N) is 1. The molecule has 3 rings (SSSR count). The van der Waals surface area contributed by atoms with Gasteiger partial charge in [-0.1, -0.05) is 0 Å². The number of hydrogen-bond donors (Lipinski definition) is 2.